The topological polar surface area (TPSA) is 15.3 Å². The third-order valence-electron chi connectivity index (χ3n) is 2.36. The van der Waals surface area contributed by atoms with Gasteiger partial charge in [-0.05, 0) is 39.9 Å². The lowest BCUT2D eigenvalue weighted by atomic mass is 10.2. The lowest BCUT2D eigenvalue weighted by Crippen LogP contribution is -2.38. The molecule has 1 atom stereocenters. The molecule has 13 heavy (non-hydrogen) atoms. The van der Waals surface area contributed by atoms with Crippen molar-refractivity contribution in [3.63, 3.8) is 0 Å². The Bertz CT molecular complexity index is 123. The van der Waals surface area contributed by atoms with Gasteiger partial charge in [-0.2, -0.15) is 0 Å². The molecule has 0 rings (SSSR count). The highest BCUT2D eigenvalue weighted by Gasteiger charge is 2.06. The molecule has 0 saturated heterocycles. The van der Waals surface area contributed by atoms with E-state index in [0.29, 0.717) is 6.04 Å². The van der Waals surface area contributed by atoms with Crippen molar-refractivity contribution >= 4 is 0 Å². The molecule has 2 nitrogen and oxygen atoms in total. The molecule has 0 spiro atoms. The van der Waals surface area contributed by atoms with Crippen LogP contribution in [0.3, 0.4) is 0 Å². The van der Waals surface area contributed by atoms with Crippen LogP contribution in [0.5, 0.6) is 0 Å². The van der Waals surface area contributed by atoms with Gasteiger partial charge in [-0.25, -0.2) is 0 Å². The fourth-order valence-electron chi connectivity index (χ4n) is 1.21. The predicted octanol–water partition coefficient (Wildman–Crippen LogP) is 1.88. The highest BCUT2D eigenvalue weighted by Crippen LogP contribution is 1.98. The summed E-state index contributed by atoms with van der Waals surface area (Å²) < 4.78 is 0. The number of rotatable bonds is 8. The summed E-state index contributed by atoms with van der Waals surface area (Å²) in [5, 5.41) is 3.36. The van der Waals surface area contributed by atoms with Crippen LogP contribution in [-0.4, -0.2) is 37.6 Å². The Morgan fingerprint density at radius 2 is 2.23 bits per heavy atom. The van der Waals surface area contributed by atoms with Crippen LogP contribution in [0.15, 0.2) is 12.7 Å². The number of nitrogens with zero attached hydrogens (tertiary/aromatic N) is 1. The van der Waals surface area contributed by atoms with Crippen LogP contribution in [0.1, 0.15) is 26.7 Å². The Labute approximate surface area is 83.0 Å². The van der Waals surface area contributed by atoms with Crippen LogP contribution in [0.2, 0.25) is 0 Å². The summed E-state index contributed by atoms with van der Waals surface area (Å²) >= 11 is 0. The maximum absolute atomic E-state index is 3.72. The molecule has 0 bridgehead atoms. The number of hydrogen-bond donors (Lipinski definition) is 1. The number of likely N-dealkylation sites (N-methyl/N-ethyl adjacent to an activating group) is 2. The van der Waals surface area contributed by atoms with Crippen LogP contribution >= 0.6 is 0 Å². The first-order chi connectivity index (χ1) is 6.22. The van der Waals surface area contributed by atoms with Gasteiger partial charge in [0.25, 0.3) is 0 Å². The first-order valence-electron chi connectivity index (χ1n) is 5.24. The average Bonchev–Trinajstić information content (AvgIpc) is 2.14. The van der Waals surface area contributed by atoms with Gasteiger partial charge in [-0.1, -0.05) is 13.0 Å². The minimum Gasteiger partial charge on any atom is -0.315 e. The quantitative estimate of drug-likeness (QED) is 0.458. The summed E-state index contributed by atoms with van der Waals surface area (Å²) in [7, 11) is 2.19. The molecule has 0 aromatic heterocycles. The molecule has 1 unspecified atom stereocenters. The van der Waals surface area contributed by atoms with Crippen LogP contribution in [0, 0.1) is 0 Å². The summed E-state index contributed by atoms with van der Waals surface area (Å²) in [4.78, 5) is 2.40. The fourth-order valence-corrected chi connectivity index (χ4v) is 1.21. The van der Waals surface area contributed by atoms with E-state index in [2.05, 4.69) is 37.7 Å². The van der Waals surface area contributed by atoms with Crippen LogP contribution in [-0.2, 0) is 0 Å². The number of unbranched alkanes of at least 4 members (excludes halogenated alkanes) is 1. The molecule has 2 heteroatoms. The van der Waals surface area contributed by atoms with Gasteiger partial charge in [0.15, 0.2) is 0 Å². The van der Waals surface area contributed by atoms with Gasteiger partial charge in [0, 0.05) is 12.6 Å². The molecular formula is C11H24N2. The van der Waals surface area contributed by atoms with E-state index < -0.39 is 0 Å². The molecule has 0 aliphatic carbocycles. The Kier molecular flexibility index (Phi) is 8.05. The third kappa shape index (κ3) is 6.79. The molecule has 0 heterocycles. The molecule has 0 amide bonds. The van der Waals surface area contributed by atoms with Crippen molar-refractivity contribution in [2.24, 2.45) is 0 Å². The molecular weight excluding hydrogens is 160 g/mol. The zero-order valence-corrected chi connectivity index (χ0v) is 9.34. The molecule has 0 aliphatic rings. The molecule has 0 aromatic rings. The second-order valence-corrected chi connectivity index (χ2v) is 3.57. The van der Waals surface area contributed by atoms with Gasteiger partial charge in [-0.3, -0.25) is 0 Å². The highest BCUT2D eigenvalue weighted by atomic mass is 15.1. The lowest BCUT2D eigenvalue weighted by Gasteiger charge is -2.24. The second-order valence-electron chi connectivity index (χ2n) is 3.57. The standard InChI is InChI=1S/C11H24N2/c1-5-7-8-9-13(4)11(3)10-12-6-2/h5,11-12H,1,6-10H2,2-4H3. The monoisotopic (exact) mass is 184 g/mol. The fraction of sp³-hybridized carbons (Fsp3) is 0.818. The lowest BCUT2D eigenvalue weighted by molar-refractivity contribution is 0.250. The molecule has 0 saturated carbocycles. The Hall–Kier alpha value is -0.340. The number of nitrogens with one attached hydrogen (secondary N) is 1. The molecule has 1 N–H and O–H groups in total. The van der Waals surface area contributed by atoms with Crippen molar-refractivity contribution < 1.29 is 0 Å². The normalized spacial score (nSPS) is 13.2. The molecule has 78 valence electrons. The van der Waals surface area contributed by atoms with E-state index in [1.165, 1.54) is 13.0 Å². The SMILES string of the molecule is C=CCCCN(C)C(C)CNCC. The highest BCUT2D eigenvalue weighted by molar-refractivity contribution is 4.70. The van der Waals surface area contributed by atoms with Crippen molar-refractivity contribution in [3.05, 3.63) is 12.7 Å². The minimum atomic E-state index is 0.629. The summed E-state index contributed by atoms with van der Waals surface area (Å²) in [5.41, 5.74) is 0. The summed E-state index contributed by atoms with van der Waals surface area (Å²) in [6.45, 7) is 11.4. The first kappa shape index (κ1) is 12.7. The van der Waals surface area contributed by atoms with Crippen LogP contribution < -0.4 is 5.32 Å². The second kappa shape index (κ2) is 8.27. The Morgan fingerprint density at radius 3 is 2.77 bits per heavy atom. The Morgan fingerprint density at radius 1 is 1.54 bits per heavy atom. The van der Waals surface area contributed by atoms with Crippen molar-refractivity contribution in [2.75, 3.05) is 26.7 Å². The first-order valence-corrected chi connectivity index (χ1v) is 5.24. The van der Waals surface area contributed by atoms with E-state index in [4.69, 9.17) is 0 Å². The van der Waals surface area contributed by atoms with E-state index in [0.717, 1.165) is 19.5 Å². The molecule has 0 aliphatic heterocycles. The summed E-state index contributed by atoms with van der Waals surface area (Å²) in [6, 6.07) is 0.629. The van der Waals surface area contributed by atoms with Crippen molar-refractivity contribution in [1.82, 2.24) is 10.2 Å². The maximum atomic E-state index is 3.72. The van der Waals surface area contributed by atoms with E-state index in [1.54, 1.807) is 0 Å². The smallest absolute Gasteiger partial charge is 0.0189 e. The zero-order valence-electron chi connectivity index (χ0n) is 9.34. The molecule has 0 aromatic carbocycles. The van der Waals surface area contributed by atoms with Gasteiger partial charge < -0.3 is 10.2 Å². The van der Waals surface area contributed by atoms with E-state index in [9.17, 15) is 0 Å². The van der Waals surface area contributed by atoms with Crippen LogP contribution in [0.25, 0.3) is 0 Å². The number of allylic oxidation sites excluding steroid dienone is 1. The van der Waals surface area contributed by atoms with Gasteiger partial charge in [-0.15, -0.1) is 6.58 Å². The van der Waals surface area contributed by atoms with Gasteiger partial charge in [0.05, 0.1) is 0 Å². The molecule has 0 radical (unpaired) electrons. The third-order valence-corrected chi connectivity index (χ3v) is 2.36. The van der Waals surface area contributed by atoms with Gasteiger partial charge in [0.2, 0.25) is 0 Å². The minimum absolute atomic E-state index is 0.629. The maximum Gasteiger partial charge on any atom is 0.0189 e. The largest absolute Gasteiger partial charge is 0.315 e. The van der Waals surface area contributed by atoms with Crippen molar-refractivity contribution in [1.29, 1.82) is 0 Å². The van der Waals surface area contributed by atoms with Crippen molar-refractivity contribution in [2.45, 2.75) is 32.7 Å². The number of hydrogen-bond acceptors (Lipinski definition) is 2. The van der Waals surface area contributed by atoms with E-state index in [1.807, 2.05) is 6.08 Å². The van der Waals surface area contributed by atoms with Gasteiger partial charge in [0.1, 0.15) is 0 Å². The predicted molar refractivity (Wildman–Crippen MR) is 60.1 cm³/mol. The molecule has 0 fully saturated rings. The van der Waals surface area contributed by atoms with Crippen molar-refractivity contribution in [3.8, 4) is 0 Å². The zero-order chi connectivity index (χ0) is 10.1. The van der Waals surface area contributed by atoms with E-state index >= 15 is 0 Å². The average molecular weight is 184 g/mol. The summed E-state index contributed by atoms with van der Waals surface area (Å²) in [5.74, 6) is 0. The van der Waals surface area contributed by atoms with E-state index in [-0.39, 0.29) is 0 Å². The Balaban J connectivity index is 3.43. The van der Waals surface area contributed by atoms with Gasteiger partial charge >= 0.3 is 0 Å². The van der Waals surface area contributed by atoms with Crippen LogP contribution in [0.4, 0.5) is 0 Å². The summed E-state index contributed by atoms with van der Waals surface area (Å²) in [6.07, 6.45) is 4.33.